The molecule has 102 valence electrons. The predicted molar refractivity (Wildman–Crippen MR) is 79.1 cm³/mol. The van der Waals surface area contributed by atoms with Crippen molar-refractivity contribution in [3.8, 4) is 0 Å². The molecule has 2 N–H and O–H groups in total. The van der Waals surface area contributed by atoms with Crippen LogP contribution in [-0.2, 0) is 16.3 Å². The van der Waals surface area contributed by atoms with E-state index in [1.165, 1.54) is 11.1 Å². The van der Waals surface area contributed by atoms with Crippen molar-refractivity contribution in [1.82, 2.24) is 0 Å². The van der Waals surface area contributed by atoms with Gasteiger partial charge in [-0.2, -0.15) is 0 Å². The fraction of sp³-hybridized carbons (Fsp3) is 0.286. The zero-order valence-electron chi connectivity index (χ0n) is 10.7. The Labute approximate surface area is 118 Å². The Morgan fingerprint density at radius 3 is 2.42 bits per heavy atom. The van der Waals surface area contributed by atoms with E-state index in [4.69, 9.17) is 5.73 Å². The van der Waals surface area contributed by atoms with Crippen molar-refractivity contribution in [2.45, 2.75) is 23.8 Å². The Balaban J connectivity index is 2.01. The van der Waals surface area contributed by atoms with Gasteiger partial charge in [0.25, 0.3) is 0 Å². The number of sulfone groups is 1. The van der Waals surface area contributed by atoms with Gasteiger partial charge in [-0.1, -0.05) is 18.2 Å². The third kappa shape index (κ3) is 3.89. The Morgan fingerprint density at radius 1 is 1.21 bits per heavy atom. The Morgan fingerprint density at radius 2 is 1.89 bits per heavy atom. The van der Waals surface area contributed by atoms with Gasteiger partial charge in [-0.05, 0) is 42.0 Å². The van der Waals surface area contributed by atoms with Gasteiger partial charge in [-0.25, -0.2) is 8.42 Å². The molecular formula is C14H17NO2S2. The molecule has 1 aromatic heterocycles. The largest absolute Gasteiger partial charge is 0.324 e. The molecule has 0 fully saturated rings. The molecule has 2 rings (SSSR count). The molecule has 0 bridgehead atoms. The molecule has 1 heterocycles. The van der Waals surface area contributed by atoms with E-state index in [2.05, 4.69) is 11.4 Å². The molecule has 0 spiro atoms. The van der Waals surface area contributed by atoms with Crippen molar-refractivity contribution in [2.75, 3.05) is 6.26 Å². The summed E-state index contributed by atoms with van der Waals surface area (Å²) >= 11 is 1.73. The quantitative estimate of drug-likeness (QED) is 0.922. The highest BCUT2D eigenvalue weighted by Crippen LogP contribution is 2.20. The van der Waals surface area contributed by atoms with Crippen LogP contribution >= 0.6 is 11.3 Å². The van der Waals surface area contributed by atoms with Crippen molar-refractivity contribution in [3.05, 3.63) is 52.2 Å². The second-order valence-electron chi connectivity index (χ2n) is 4.57. The van der Waals surface area contributed by atoms with Crippen LogP contribution in [0, 0.1) is 0 Å². The van der Waals surface area contributed by atoms with Gasteiger partial charge in [0, 0.05) is 17.2 Å². The van der Waals surface area contributed by atoms with Crippen LogP contribution in [0.1, 0.15) is 22.9 Å². The van der Waals surface area contributed by atoms with E-state index in [-0.39, 0.29) is 6.04 Å². The molecule has 3 nitrogen and oxygen atoms in total. The lowest BCUT2D eigenvalue weighted by molar-refractivity contribution is 0.601. The monoisotopic (exact) mass is 295 g/mol. The van der Waals surface area contributed by atoms with Crippen molar-refractivity contribution in [1.29, 1.82) is 0 Å². The summed E-state index contributed by atoms with van der Waals surface area (Å²) in [6.07, 6.45) is 3.02. The highest BCUT2D eigenvalue weighted by atomic mass is 32.2. The first-order valence-corrected chi connectivity index (χ1v) is 8.82. The molecule has 1 atom stereocenters. The van der Waals surface area contributed by atoms with E-state index < -0.39 is 9.84 Å². The zero-order chi connectivity index (χ0) is 13.9. The number of benzene rings is 1. The number of thiophene rings is 1. The number of hydrogen-bond donors (Lipinski definition) is 1. The van der Waals surface area contributed by atoms with Gasteiger partial charge in [0.05, 0.1) is 4.90 Å². The molecule has 5 heteroatoms. The van der Waals surface area contributed by atoms with Crippen LogP contribution in [-0.4, -0.2) is 14.7 Å². The van der Waals surface area contributed by atoms with Gasteiger partial charge in [0.2, 0.25) is 0 Å². The summed E-state index contributed by atoms with van der Waals surface area (Å²) in [5.74, 6) is 0. The van der Waals surface area contributed by atoms with Crippen LogP contribution in [0.2, 0.25) is 0 Å². The number of nitrogens with two attached hydrogens (primary N) is 1. The number of rotatable bonds is 5. The fourth-order valence-corrected chi connectivity index (χ4v) is 3.24. The molecule has 19 heavy (non-hydrogen) atoms. The lowest BCUT2D eigenvalue weighted by Crippen LogP contribution is -2.11. The van der Waals surface area contributed by atoms with Gasteiger partial charge >= 0.3 is 0 Å². The van der Waals surface area contributed by atoms with Crippen molar-refractivity contribution < 1.29 is 8.42 Å². The predicted octanol–water partition coefficient (Wildman–Crippen LogP) is 2.78. The van der Waals surface area contributed by atoms with E-state index >= 15 is 0 Å². The third-order valence-corrected chi connectivity index (χ3v) is 5.08. The standard InChI is InChI=1S/C14H17NO2S2/c1-19(16,17)13-7-4-11(5-8-13)14(15)9-6-12-3-2-10-18-12/h2-5,7-8,10,14H,6,9,15H2,1H3. The normalized spacial score (nSPS) is 13.4. The molecule has 0 amide bonds. The van der Waals surface area contributed by atoms with E-state index in [0.717, 1.165) is 18.4 Å². The maximum absolute atomic E-state index is 11.4. The van der Waals surface area contributed by atoms with Crippen LogP contribution in [0.3, 0.4) is 0 Å². The second-order valence-corrected chi connectivity index (χ2v) is 7.61. The summed E-state index contributed by atoms with van der Waals surface area (Å²) in [6, 6.07) is 10.9. The SMILES string of the molecule is CS(=O)(=O)c1ccc(C(N)CCc2cccs2)cc1. The van der Waals surface area contributed by atoms with E-state index in [1.54, 1.807) is 35.6 Å². The third-order valence-electron chi connectivity index (χ3n) is 3.02. The molecule has 2 aromatic rings. The lowest BCUT2D eigenvalue weighted by atomic mass is 10.0. The molecule has 1 aromatic carbocycles. The summed E-state index contributed by atoms with van der Waals surface area (Å²) in [6.45, 7) is 0. The molecule has 0 radical (unpaired) electrons. The Hall–Kier alpha value is -1.17. The Bertz CT molecular complexity index is 616. The summed E-state index contributed by atoms with van der Waals surface area (Å²) in [7, 11) is -3.13. The van der Waals surface area contributed by atoms with Gasteiger partial charge in [-0.3, -0.25) is 0 Å². The summed E-state index contributed by atoms with van der Waals surface area (Å²) in [4.78, 5) is 1.66. The molecule has 0 aliphatic heterocycles. The average Bonchev–Trinajstić information content (AvgIpc) is 2.88. The van der Waals surface area contributed by atoms with Gasteiger partial charge in [0.1, 0.15) is 0 Å². The first-order chi connectivity index (χ1) is 8.97. The molecule has 0 aliphatic rings. The lowest BCUT2D eigenvalue weighted by Gasteiger charge is -2.11. The van der Waals surface area contributed by atoms with Crippen LogP contribution in [0.25, 0.3) is 0 Å². The minimum atomic E-state index is -3.13. The van der Waals surface area contributed by atoms with E-state index in [1.807, 2.05) is 6.07 Å². The second kappa shape index (κ2) is 5.86. The van der Waals surface area contributed by atoms with Crippen molar-refractivity contribution >= 4 is 21.2 Å². The minimum absolute atomic E-state index is 0.0595. The highest BCUT2D eigenvalue weighted by molar-refractivity contribution is 7.90. The first-order valence-electron chi connectivity index (χ1n) is 6.05. The van der Waals surface area contributed by atoms with Crippen LogP contribution in [0.5, 0.6) is 0 Å². The summed E-state index contributed by atoms with van der Waals surface area (Å²) < 4.78 is 22.7. The molecule has 0 saturated heterocycles. The molecule has 0 saturated carbocycles. The summed E-state index contributed by atoms with van der Waals surface area (Å²) in [5, 5.41) is 2.06. The van der Waals surface area contributed by atoms with Crippen molar-refractivity contribution in [2.24, 2.45) is 5.73 Å². The maximum Gasteiger partial charge on any atom is 0.175 e. The van der Waals surface area contributed by atoms with Gasteiger partial charge in [-0.15, -0.1) is 11.3 Å². The van der Waals surface area contributed by atoms with E-state index in [9.17, 15) is 8.42 Å². The first kappa shape index (κ1) is 14.2. The molecular weight excluding hydrogens is 278 g/mol. The molecule has 0 aliphatic carbocycles. The number of aryl methyl sites for hydroxylation is 1. The molecule has 1 unspecified atom stereocenters. The topological polar surface area (TPSA) is 60.2 Å². The van der Waals surface area contributed by atoms with Gasteiger partial charge in [0.15, 0.2) is 9.84 Å². The number of hydrogen-bond acceptors (Lipinski definition) is 4. The smallest absolute Gasteiger partial charge is 0.175 e. The minimum Gasteiger partial charge on any atom is -0.324 e. The maximum atomic E-state index is 11.4. The zero-order valence-corrected chi connectivity index (χ0v) is 12.4. The summed E-state index contributed by atoms with van der Waals surface area (Å²) in [5.41, 5.74) is 7.10. The highest BCUT2D eigenvalue weighted by Gasteiger charge is 2.10. The van der Waals surface area contributed by atoms with Crippen molar-refractivity contribution in [3.63, 3.8) is 0 Å². The Kier molecular flexibility index (Phi) is 4.39. The fourth-order valence-electron chi connectivity index (χ4n) is 1.88. The average molecular weight is 295 g/mol. The van der Waals surface area contributed by atoms with E-state index in [0.29, 0.717) is 4.90 Å². The van der Waals surface area contributed by atoms with Crippen LogP contribution < -0.4 is 5.73 Å². The van der Waals surface area contributed by atoms with Gasteiger partial charge < -0.3 is 5.73 Å². The van der Waals surface area contributed by atoms with Crippen LogP contribution in [0.4, 0.5) is 0 Å². The van der Waals surface area contributed by atoms with Crippen LogP contribution in [0.15, 0.2) is 46.7 Å².